The maximum absolute atomic E-state index is 12.6. The molecular weight excluding hydrogens is 366 g/mol. The van der Waals surface area contributed by atoms with E-state index in [9.17, 15) is 13.2 Å². The van der Waals surface area contributed by atoms with Crippen molar-refractivity contribution in [3.8, 4) is 5.75 Å². The number of aryl methyl sites for hydroxylation is 1. The summed E-state index contributed by atoms with van der Waals surface area (Å²) in [4.78, 5) is 12.5. The molecule has 3 rings (SSSR count). The first-order valence-corrected chi connectivity index (χ1v) is 9.89. The van der Waals surface area contributed by atoms with Gasteiger partial charge in [0.1, 0.15) is 10.6 Å². The predicted octanol–water partition coefficient (Wildman–Crippen LogP) is 2.83. The number of rotatable bonds is 6. The van der Waals surface area contributed by atoms with Gasteiger partial charge in [0.2, 0.25) is 10.0 Å². The second-order valence-corrected chi connectivity index (χ2v) is 7.76. The maximum atomic E-state index is 12.6. The van der Waals surface area contributed by atoms with Crippen molar-refractivity contribution in [2.75, 3.05) is 19.5 Å². The molecule has 1 aromatic heterocycles. The van der Waals surface area contributed by atoms with E-state index in [0.29, 0.717) is 5.69 Å². The van der Waals surface area contributed by atoms with Crippen LogP contribution in [0.15, 0.2) is 53.6 Å². The molecule has 0 unspecified atom stereocenters. The fourth-order valence-corrected chi connectivity index (χ4v) is 3.81. The van der Waals surface area contributed by atoms with Gasteiger partial charge >= 0.3 is 0 Å². The largest absolute Gasteiger partial charge is 0.495 e. The van der Waals surface area contributed by atoms with Gasteiger partial charge in [-0.3, -0.25) is 4.79 Å². The van der Waals surface area contributed by atoms with E-state index in [1.165, 1.54) is 32.4 Å². The van der Waals surface area contributed by atoms with Gasteiger partial charge in [-0.2, -0.15) is 0 Å². The van der Waals surface area contributed by atoms with E-state index in [1.54, 1.807) is 0 Å². The van der Waals surface area contributed by atoms with Crippen LogP contribution in [0, 0.1) is 0 Å². The average Bonchev–Trinajstić information content (AvgIpc) is 3.09. The molecule has 2 N–H and O–H groups in total. The number of sulfonamides is 1. The van der Waals surface area contributed by atoms with E-state index in [0.717, 1.165) is 17.4 Å². The monoisotopic (exact) mass is 387 g/mol. The zero-order valence-electron chi connectivity index (χ0n) is 15.3. The molecule has 1 amide bonds. The molecule has 0 radical (unpaired) electrons. The summed E-state index contributed by atoms with van der Waals surface area (Å²) < 4.78 is 33.8. The molecule has 0 spiro atoms. The van der Waals surface area contributed by atoms with E-state index in [4.69, 9.17) is 4.74 Å². The standard InChI is InChI=1S/C19H21N3O4S/c1-4-22-10-9-13-11-15(6-7-16(13)22)21-19(23)14-5-8-17(26-3)18(12-14)27(24,25)20-2/h5-12,20H,4H2,1-3H3,(H,21,23). The molecule has 142 valence electrons. The van der Waals surface area contributed by atoms with Gasteiger partial charge in [-0.15, -0.1) is 0 Å². The Balaban J connectivity index is 1.91. The number of nitrogens with one attached hydrogen (secondary N) is 2. The third kappa shape index (κ3) is 3.67. The Kier molecular flexibility index (Phi) is 5.20. The number of hydrogen-bond acceptors (Lipinski definition) is 4. The fraction of sp³-hybridized carbons (Fsp3) is 0.211. The number of methoxy groups -OCH3 is 1. The molecule has 0 bridgehead atoms. The Hall–Kier alpha value is -2.84. The van der Waals surface area contributed by atoms with Crippen molar-refractivity contribution in [2.24, 2.45) is 0 Å². The number of anilines is 1. The summed E-state index contributed by atoms with van der Waals surface area (Å²) in [5, 5.41) is 3.82. The Morgan fingerprint density at radius 3 is 2.59 bits per heavy atom. The average molecular weight is 387 g/mol. The van der Waals surface area contributed by atoms with Crippen molar-refractivity contribution in [1.82, 2.24) is 9.29 Å². The molecule has 0 aliphatic heterocycles. The van der Waals surface area contributed by atoms with Crippen molar-refractivity contribution in [3.05, 3.63) is 54.2 Å². The van der Waals surface area contributed by atoms with Crippen LogP contribution in [0.1, 0.15) is 17.3 Å². The first-order valence-electron chi connectivity index (χ1n) is 8.41. The number of aromatic nitrogens is 1. The quantitative estimate of drug-likeness (QED) is 0.681. The summed E-state index contributed by atoms with van der Waals surface area (Å²) in [7, 11) is -1.08. The van der Waals surface area contributed by atoms with E-state index < -0.39 is 15.9 Å². The van der Waals surface area contributed by atoms with Crippen LogP contribution in [0.2, 0.25) is 0 Å². The molecule has 0 aliphatic rings. The summed E-state index contributed by atoms with van der Waals surface area (Å²) in [6.45, 7) is 2.93. The molecule has 8 heteroatoms. The van der Waals surface area contributed by atoms with Crippen molar-refractivity contribution >= 4 is 32.5 Å². The lowest BCUT2D eigenvalue weighted by Gasteiger charge is -2.11. The molecule has 0 atom stereocenters. The molecule has 2 aromatic carbocycles. The topological polar surface area (TPSA) is 89.4 Å². The summed E-state index contributed by atoms with van der Waals surface area (Å²) >= 11 is 0. The van der Waals surface area contributed by atoms with E-state index in [2.05, 4.69) is 21.5 Å². The lowest BCUT2D eigenvalue weighted by atomic mass is 10.2. The number of ether oxygens (including phenoxy) is 1. The molecule has 0 saturated heterocycles. The van der Waals surface area contributed by atoms with E-state index in [1.807, 2.05) is 30.5 Å². The number of nitrogens with zero attached hydrogens (tertiary/aromatic N) is 1. The molecule has 3 aromatic rings. The zero-order chi connectivity index (χ0) is 19.6. The summed E-state index contributed by atoms with van der Waals surface area (Å²) in [5.74, 6) is -0.234. The van der Waals surface area contributed by atoms with Gasteiger partial charge in [-0.1, -0.05) is 0 Å². The van der Waals surface area contributed by atoms with E-state index in [-0.39, 0.29) is 16.2 Å². The second kappa shape index (κ2) is 7.42. The van der Waals surface area contributed by atoms with E-state index >= 15 is 0 Å². The molecule has 0 saturated carbocycles. The number of benzene rings is 2. The van der Waals surface area contributed by atoms with Crippen LogP contribution in [-0.2, 0) is 16.6 Å². The highest BCUT2D eigenvalue weighted by Crippen LogP contribution is 2.26. The zero-order valence-corrected chi connectivity index (χ0v) is 16.1. The highest BCUT2D eigenvalue weighted by Gasteiger charge is 2.20. The van der Waals surface area contributed by atoms with Crippen LogP contribution in [0.25, 0.3) is 10.9 Å². The van der Waals surface area contributed by atoms with Gasteiger partial charge < -0.3 is 14.6 Å². The van der Waals surface area contributed by atoms with Gasteiger partial charge in [0, 0.05) is 34.9 Å². The predicted molar refractivity (Wildman–Crippen MR) is 105 cm³/mol. The highest BCUT2D eigenvalue weighted by molar-refractivity contribution is 7.89. The Morgan fingerprint density at radius 2 is 1.93 bits per heavy atom. The Morgan fingerprint density at radius 1 is 1.15 bits per heavy atom. The van der Waals surface area contributed by atoms with Gasteiger partial charge in [-0.05, 0) is 56.4 Å². The van der Waals surface area contributed by atoms with Crippen LogP contribution >= 0.6 is 0 Å². The van der Waals surface area contributed by atoms with Gasteiger partial charge in [0.05, 0.1) is 7.11 Å². The van der Waals surface area contributed by atoms with Crippen LogP contribution in [-0.4, -0.2) is 33.0 Å². The molecule has 7 nitrogen and oxygen atoms in total. The SMILES string of the molecule is CCn1ccc2cc(NC(=O)c3ccc(OC)c(S(=O)(=O)NC)c3)ccc21. The van der Waals surface area contributed by atoms with Crippen molar-refractivity contribution in [1.29, 1.82) is 0 Å². The van der Waals surface area contributed by atoms with Crippen LogP contribution in [0.3, 0.4) is 0 Å². The van der Waals surface area contributed by atoms with Gasteiger partial charge in [0.25, 0.3) is 5.91 Å². The maximum Gasteiger partial charge on any atom is 0.255 e. The highest BCUT2D eigenvalue weighted by atomic mass is 32.2. The fourth-order valence-electron chi connectivity index (χ4n) is 2.89. The van der Waals surface area contributed by atoms with Crippen LogP contribution < -0.4 is 14.8 Å². The third-order valence-corrected chi connectivity index (χ3v) is 5.79. The first kappa shape index (κ1) is 18.9. The number of hydrogen-bond donors (Lipinski definition) is 2. The third-order valence-electron chi connectivity index (χ3n) is 4.35. The lowest BCUT2D eigenvalue weighted by molar-refractivity contribution is 0.102. The molecular formula is C19H21N3O4S. The number of carbonyl (C=O) groups is 1. The number of fused-ring (bicyclic) bond motifs is 1. The van der Waals surface area contributed by atoms with Crippen LogP contribution in [0.5, 0.6) is 5.75 Å². The van der Waals surface area contributed by atoms with Crippen LogP contribution in [0.4, 0.5) is 5.69 Å². The summed E-state index contributed by atoms with van der Waals surface area (Å²) in [5.41, 5.74) is 1.94. The molecule has 27 heavy (non-hydrogen) atoms. The Labute approximate surface area is 158 Å². The summed E-state index contributed by atoms with van der Waals surface area (Å²) in [6.07, 6.45) is 1.99. The second-order valence-electron chi connectivity index (χ2n) is 5.90. The molecule has 1 heterocycles. The molecule has 0 aliphatic carbocycles. The minimum atomic E-state index is -3.76. The van der Waals surface area contributed by atoms with Gasteiger partial charge in [-0.25, -0.2) is 13.1 Å². The van der Waals surface area contributed by atoms with Crippen molar-refractivity contribution in [3.63, 3.8) is 0 Å². The van der Waals surface area contributed by atoms with Crippen molar-refractivity contribution in [2.45, 2.75) is 18.4 Å². The van der Waals surface area contributed by atoms with Crippen molar-refractivity contribution < 1.29 is 17.9 Å². The summed E-state index contributed by atoms with van der Waals surface area (Å²) in [6, 6.07) is 11.9. The first-order chi connectivity index (χ1) is 12.9. The number of carbonyl (C=O) groups excluding carboxylic acids is 1. The van der Waals surface area contributed by atoms with Gasteiger partial charge in [0.15, 0.2) is 0 Å². The minimum Gasteiger partial charge on any atom is -0.495 e. The minimum absolute atomic E-state index is 0.0874. The number of amides is 1. The Bertz CT molecular complexity index is 1100. The smallest absolute Gasteiger partial charge is 0.255 e. The molecule has 0 fully saturated rings. The normalized spacial score (nSPS) is 11.5. The lowest BCUT2D eigenvalue weighted by Crippen LogP contribution is -2.20.